The van der Waals surface area contributed by atoms with Crippen molar-refractivity contribution in [2.24, 2.45) is 0 Å². The van der Waals surface area contributed by atoms with E-state index >= 15 is 0 Å². The van der Waals surface area contributed by atoms with Crippen molar-refractivity contribution in [2.75, 3.05) is 12.3 Å². The van der Waals surface area contributed by atoms with Crippen LogP contribution in [0.3, 0.4) is 0 Å². The lowest BCUT2D eigenvalue weighted by Gasteiger charge is -2.37. The minimum Gasteiger partial charge on any atom is -0.343 e. The van der Waals surface area contributed by atoms with Gasteiger partial charge in [-0.15, -0.1) is 0 Å². The van der Waals surface area contributed by atoms with Crippen molar-refractivity contribution in [3.8, 4) is 0 Å². The molecule has 2 atom stereocenters. The molecule has 0 aromatic carbocycles. The molecular formula is C12H22N2O4S. The van der Waals surface area contributed by atoms with Crippen LogP contribution in [0.25, 0.3) is 0 Å². The number of piperazine rings is 1. The summed E-state index contributed by atoms with van der Waals surface area (Å²) in [5, 5.41) is 2.13. The third kappa shape index (κ3) is 3.46. The van der Waals surface area contributed by atoms with Crippen molar-refractivity contribution >= 4 is 21.7 Å². The Balaban J connectivity index is 2.83. The van der Waals surface area contributed by atoms with E-state index in [-0.39, 0.29) is 24.1 Å². The van der Waals surface area contributed by atoms with E-state index in [1.807, 2.05) is 0 Å². The Morgan fingerprint density at radius 2 is 1.89 bits per heavy atom. The number of carbonyl (C=O) groups excluding carboxylic acids is 2. The molecule has 1 aliphatic rings. The molecule has 1 fully saturated rings. The monoisotopic (exact) mass is 290 g/mol. The first-order valence-corrected chi connectivity index (χ1v) is 8.24. The third-order valence-corrected chi connectivity index (χ3v) is 5.60. The topological polar surface area (TPSA) is 83.6 Å². The Morgan fingerprint density at radius 3 is 2.37 bits per heavy atom. The van der Waals surface area contributed by atoms with Crippen molar-refractivity contribution < 1.29 is 18.0 Å². The molecule has 0 radical (unpaired) electrons. The first kappa shape index (κ1) is 15.9. The maximum atomic E-state index is 12.0. The zero-order valence-electron chi connectivity index (χ0n) is 11.8. The van der Waals surface area contributed by atoms with Gasteiger partial charge in [0, 0.05) is 6.54 Å². The van der Waals surface area contributed by atoms with Crippen LogP contribution in [0.15, 0.2) is 0 Å². The first-order valence-electron chi connectivity index (χ1n) is 6.53. The number of amides is 2. The quantitative estimate of drug-likeness (QED) is 0.768. The number of rotatable bonds is 5. The molecule has 0 spiro atoms. The second-order valence-electron chi connectivity index (χ2n) is 5.10. The predicted octanol–water partition coefficient (Wildman–Crippen LogP) is -0.0649. The molecule has 0 bridgehead atoms. The van der Waals surface area contributed by atoms with Crippen LogP contribution in [0, 0.1) is 0 Å². The summed E-state index contributed by atoms with van der Waals surface area (Å²) >= 11 is 0. The molecule has 1 aliphatic heterocycles. The van der Waals surface area contributed by atoms with Gasteiger partial charge in [-0.2, -0.15) is 0 Å². The predicted molar refractivity (Wildman–Crippen MR) is 72.3 cm³/mol. The van der Waals surface area contributed by atoms with Gasteiger partial charge in [-0.3, -0.25) is 9.59 Å². The molecule has 6 nitrogen and oxygen atoms in total. The van der Waals surface area contributed by atoms with Crippen molar-refractivity contribution in [3.63, 3.8) is 0 Å². The van der Waals surface area contributed by atoms with Gasteiger partial charge in [-0.25, -0.2) is 8.42 Å². The van der Waals surface area contributed by atoms with Crippen LogP contribution in [-0.2, 0) is 19.4 Å². The van der Waals surface area contributed by atoms with Gasteiger partial charge < -0.3 is 10.2 Å². The van der Waals surface area contributed by atoms with E-state index in [1.54, 1.807) is 27.7 Å². The Kier molecular flexibility index (Phi) is 4.95. The third-order valence-electron chi connectivity index (χ3n) is 3.41. The van der Waals surface area contributed by atoms with Gasteiger partial charge >= 0.3 is 0 Å². The van der Waals surface area contributed by atoms with Crippen LogP contribution < -0.4 is 5.32 Å². The van der Waals surface area contributed by atoms with E-state index in [9.17, 15) is 18.0 Å². The smallest absolute Gasteiger partial charge is 0.245 e. The average molecular weight is 290 g/mol. The molecule has 0 aliphatic carbocycles. The Hall–Kier alpha value is -1.11. The van der Waals surface area contributed by atoms with Gasteiger partial charge in [0.1, 0.15) is 12.1 Å². The van der Waals surface area contributed by atoms with Crippen molar-refractivity contribution in [1.82, 2.24) is 10.2 Å². The van der Waals surface area contributed by atoms with E-state index in [2.05, 4.69) is 5.32 Å². The number of hydrogen-bond acceptors (Lipinski definition) is 4. The maximum Gasteiger partial charge on any atom is 0.245 e. The van der Waals surface area contributed by atoms with Crippen LogP contribution in [0.2, 0.25) is 0 Å². The van der Waals surface area contributed by atoms with E-state index in [0.717, 1.165) is 0 Å². The molecular weight excluding hydrogens is 268 g/mol. The van der Waals surface area contributed by atoms with Gasteiger partial charge in [-0.05, 0) is 27.2 Å². The highest BCUT2D eigenvalue weighted by molar-refractivity contribution is 7.92. The summed E-state index contributed by atoms with van der Waals surface area (Å²) in [5.41, 5.74) is 0. The molecule has 2 unspecified atom stereocenters. The Labute approximate surface area is 114 Å². The molecule has 7 heteroatoms. The van der Waals surface area contributed by atoms with E-state index in [4.69, 9.17) is 0 Å². The van der Waals surface area contributed by atoms with Crippen LogP contribution in [0.5, 0.6) is 0 Å². The van der Waals surface area contributed by atoms with Crippen LogP contribution in [-0.4, -0.2) is 54.8 Å². The molecule has 0 aromatic rings. The number of nitrogens with one attached hydrogen (secondary N) is 1. The highest BCUT2D eigenvalue weighted by atomic mass is 32.2. The fraction of sp³-hybridized carbons (Fsp3) is 0.833. The first-order chi connectivity index (χ1) is 8.70. The summed E-state index contributed by atoms with van der Waals surface area (Å²) in [7, 11) is -3.21. The summed E-state index contributed by atoms with van der Waals surface area (Å²) in [6.07, 6.45) is 0.478. The highest BCUT2D eigenvalue weighted by Gasteiger charge is 2.37. The Morgan fingerprint density at radius 1 is 1.32 bits per heavy atom. The van der Waals surface area contributed by atoms with Crippen molar-refractivity contribution in [3.05, 3.63) is 0 Å². The summed E-state index contributed by atoms with van der Waals surface area (Å²) in [6, 6.07) is -1.15. The lowest BCUT2D eigenvalue weighted by atomic mass is 10.1. The molecule has 1 N–H and O–H groups in total. The zero-order valence-corrected chi connectivity index (χ0v) is 12.7. The average Bonchev–Trinajstić information content (AvgIpc) is 2.31. The highest BCUT2D eigenvalue weighted by Crippen LogP contribution is 2.14. The summed E-state index contributed by atoms with van der Waals surface area (Å²) in [4.78, 5) is 25.2. The number of carbonyl (C=O) groups is 2. The summed E-state index contributed by atoms with van der Waals surface area (Å²) in [5.74, 6) is -0.533. The van der Waals surface area contributed by atoms with Gasteiger partial charge in [0.25, 0.3) is 0 Å². The molecule has 0 saturated carbocycles. The van der Waals surface area contributed by atoms with Crippen LogP contribution in [0.4, 0.5) is 0 Å². The van der Waals surface area contributed by atoms with Gasteiger partial charge in [0.05, 0.1) is 11.0 Å². The lowest BCUT2D eigenvalue weighted by Crippen LogP contribution is -2.62. The molecule has 2 amide bonds. The fourth-order valence-corrected chi connectivity index (χ4v) is 2.97. The fourth-order valence-electron chi connectivity index (χ4n) is 2.05. The Bertz CT molecular complexity index is 458. The van der Waals surface area contributed by atoms with E-state index in [0.29, 0.717) is 6.42 Å². The van der Waals surface area contributed by atoms with Crippen molar-refractivity contribution in [1.29, 1.82) is 0 Å². The normalized spacial score (nSPS) is 24.8. The zero-order chi connectivity index (χ0) is 14.8. The van der Waals surface area contributed by atoms with Crippen LogP contribution >= 0.6 is 0 Å². The standard InChI is InChI=1S/C12H22N2O4S/c1-5-10-11(15)13-9(4)12(16)14(10)6-7-19(17,18)8(2)3/h8-10H,5-7H2,1-4H3,(H,13,15). The molecule has 1 rings (SSSR count). The minimum atomic E-state index is -3.21. The van der Waals surface area contributed by atoms with Gasteiger partial charge in [-0.1, -0.05) is 6.92 Å². The molecule has 1 heterocycles. The van der Waals surface area contributed by atoms with E-state index < -0.39 is 27.2 Å². The largest absolute Gasteiger partial charge is 0.343 e. The number of nitrogens with zero attached hydrogens (tertiary/aromatic N) is 1. The molecule has 1 saturated heterocycles. The van der Waals surface area contributed by atoms with Gasteiger partial charge in [0.2, 0.25) is 11.8 Å². The SMILES string of the molecule is CCC1C(=O)NC(C)C(=O)N1CCS(=O)(=O)C(C)C. The molecule has 19 heavy (non-hydrogen) atoms. The number of hydrogen-bond donors (Lipinski definition) is 1. The maximum absolute atomic E-state index is 12.0. The lowest BCUT2D eigenvalue weighted by molar-refractivity contribution is -0.148. The van der Waals surface area contributed by atoms with Crippen LogP contribution in [0.1, 0.15) is 34.1 Å². The summed E-state index contributed by atoms with van der Waals surface area (Å²) in [6.45, 7) is 6.71. The second-order valence-corrected chi connectivity index (χ2v) is 7.78. The van der Waals surface area contributed by atoms with Crippen molar-refractivity contribution in [2.45, 2.75) is 51.4 Å². The van der Waals surface area contributed by atoms with E-state index in [1.165, 1.54) is 4.90 Å². The molecule has 110 valence electrons. The van der Waals surface area contributed by atoms with Gasteiger partial charge in [0.15, 0.2) is 9.84 Å². The number of sulfone groups is 1. The molecule has 0 aromatic heterocycles. The summed E-state index contributed by atoms with van der Waals surface area (Å²) < 4.78 is 23.6. The second kappa shape index (κ2) is 5.90. The minimum absolute atomic E-state index is 0.0790.